The smallest absolute Gasteiger partial charge is 0.358 e. The lowest BCUT2D eigenvalue weighted by molar-refractivity contribution is 0.0593. The van der Waals surface area contributed by atoms with Crippen LogP contribution in [-0.2, 0) is 10.6 Å². The minimum absolute atomic E-state index is 0.257. The third-order valence-corrected chi connectivity index (χ3v) is 4.79. The molecular weight excluding hydrogens is 378 g/mol. The number of ether oxygens (including phenoxy) is 1. The van der Waals surface area contributed by atoms with Crippen LogP contribution < -0.4 is 0 Å². The molecule has 9 nitrogen and oxygen atoms in total. The SMILES string of the molecule is COC(=O)c1ccn(CSc2nncn2/N=C/c2ccnc3ccccc23)n1. The first-order valence-corrected chi connectivity index (χ1v) is 9.26. The zero-order chi connectivity index (χ0) is 19.3. The summed E-state index contributed by atoms with van der Waals surface area (Å²) in [6.45, 7) is 0. The molecule has 0 spiro atoms. The van der Waals surface area contributed by atoms with E-state index in [9.17, 15) is 4.79 Å². The minimum Gasteiger partial charge on any atom is -0.464 e. The number of para-hydroxylation sites is 1. The number of esters is 1. The third-order valence-electron chi connectivity index (χ3n) is 3.87. The molecule has 0 bridgehead atoms. The van der Waals surface area contributed by atoms with Gasteiger partial charge in [0, 0.05) is 23.3 Å². The number of thioether (sulfide) groups is 1. The van der Waals surface area contributed by atoms with E-state index < -0.39 is 5.97 Å². The molecule has 0 aliphatic rings. The third kappa shape index (κ3) is 3.76. The molecule has 0 aliphatic heterocycles. The Balaban J connectivity index is 1.49. The van der Waals surface area contributed by atoms with Crippen molar-refractivity contribution in [2.45, 2.75) is 11.0 Å². The van der Waals surface area contributed by atoms with E-state index in [1.165, 1.54) is 25.2 Å². The van der Waals surface area contributed by atoms with Gasteiger partial charge in [-0.15, -0.1) is 10.2 Å². The van der Waals surface area contributed by atoms with Gasteiger partial charge in [0.2, 0.25) is 5.16 Å². The first-order chi connectivity index (χ1) is 13.7. The number of fused-ring (bicyclic) bond motifs is 1. The summed E-state index contributed by atoms with van der Waals surface area (Å²) in [5.74, 6) is -0.0234. The highest BCUT2D eigenvalue weighted by Crippen LogP contribution is 2.18. The fraction of sp³-hybridized carbons (Fsp3) is 0.111. The molecule has 0 saturated carbocycles. The Labute approximate surface area is 164 Å². The van der Waals surface area contributed by atoms with Crippen molar-refractivity contribution >= 4 is 34.8 Å². The molecule has 0 amide bonds. The number of benzene rings is 1. The van der Waals surface area contributed by atoms with Crippen molar-refractivity contribution < 1.29 is 9.53 Å². The van der Waals surface area contributed by atoms with Crippen LogP contribution in [0.15, 0.2) is 65.4 Å². The summed E-state index contributed by atoms with van der Waals surface area (Å²) in [5, 5.41) is 18.2. The van der Waals surface area contributed by atoms with Crippen LogP contribution in [-0.4, -0.2) is 48.9 Å². The van der Waals surface area contributed by atoms with Gasteiger partial charge >= 0.3 is 5.97 Å². The lowest BCUT2D eigenvalue weighted by Crippen LogP contribution is -2.04. The van der Waals surface area contributed by atoms with Crippen LogP contribution in [0.2, 0.25) is 0 Å². The minimum atomic E-state index is -0.471. The number of rotatable bonds is 6. The van der Waals surface area contributed by atoms with E-state index >= 15 is 0 Å². The monoisotopic (exact) mass is 393 g/mol. The van der Waals surface area contributed by atoms with Gasteiger partial charge in [-0.2, -0.15) is 14.9 Å². The molecule has 0 fully saturated rings. The Morgan fingerprint density at radius 1 is 1.29 bits per heavy atom. The second-order valence-corrected chi connectivity index (χ2v) is 6.54. The van der Waals surface area contributed by atoms with Gasteiger partial charge in [0.15, 0.2) is 5.69 Å². The van der Waals surface area contributed by atoms with Gasteiger partial charge in [-0.3, -0.25) is 9.67 Å². The second kappa shape index (κ2) is 8.01. The van der Waals surface area contributed by atoms with Gasteiger partial charge in [-0.25, -0.2) is 4.79 Å². The fourth-order valence-corrected chi connectivity index (χ4v) is 3.24. The normalized spacial score (nSPS) is 11.3. The van der Waals surface area contributed by atoms with Crippen molar-refractivity contribution in [1.82, 2.24) is 29.6 Å². The number of hydrogen-bond acceptors (Lipinski definition) is 8. The van der Waals surface area contributed by atoms with Crippen LogP contribution in [0.5, 0.6) is 0 Å². The molecule has 28 heavy (non-hydrogen) atoms. The maximum absolute atomic E-state index is 11.5. The Bertz CT molecular complexity index is 1150. The summed E-state index contributed by atoms with van der Waals surface area (Å²) in [4.78, 5) is 15.8. The molecule has 0 saturated heterocycles. The summed E-state index contributed by atoms with van der Waals surface area (Å²) < 4.78 is 7.86. The van der Waals surface area contributed by atoms with Crippen molar-refractivity contribution in [3.8, 4) is 0 Å². The van der Waals surface area contributed by atoms with E-state index in [1.807, 2.05) is 30.3 Å². The number of aromatic nitrogens is 6. The van der Waals surface area contributed by atoms with Crippen molar-refractivity contribution in [3.05, 3.63) is 66.4 Å². The van der Waals surface area contributed by atoms with Crippen LogP contribution in [0.1, 0.15) is 16.1 Å². The standard InChI is InChI=1S/C18H15N7O2S/c1-27-17(26)16-7-9-24(23-16)12-28-18-22-20-11-25(18)21-10-13-6-8-19-15-5-3-2-4-14(13)15/h2-11H,12H2,1H3/b21-10+. The maximum atomic E-state index is 11.5. The van der Waals surface area contributed by atoms with Crippen LogP contribution in [0.3, 0.4) is 0 Å². The first kappa shape index (κ1) is 17.9. The predicted octanol–water partition coefficient (Wildman–Crippen LogP) is 2.44. The predicted molar refractivity (Wildman–Crippen MR) is 104 cm³/mol. The van der Waals surface area contributed by atoms with Crippen molar-refractivity contribution in [2.75, 3.05) is 7.11 Å². The van der Waals surface area contributed by atoms with Gasteiger partial charge in [-0.1, -0.05) is 30.0 Å². The molecular formula is C18H15N7O2S. The van der Waals surface area contributed by atoms with Crippen LogP contribution in [0, 0.1) is 0 Å². The van der Waals surface area contributed by atoms with Gasteiger partial charge < -0.3 is 4.74 Å². The zero-order valence-electron chi connectivity index (χ0n) is 14.8. The van der Waals surface area contributed by atoms with Gasteiger partial charge in [0.1, 0.15) is 6.33 Å². The van der Waals surface area contributed by atoms with Crippen molar-refractivity contribution in [1.29, 1.82) is 0 Å². The van der Waals surface area contributed by atoms with E-state index in [0.29, 0.717) is 11.0 Å². The summed E-state index contributed by atoms with van der Waals surface area (Å²) in [7, 11) is 1.32. The second-order valence-electron chi connectivity index (χ2n) is 5.63. The summed E-state index contributed by atoms with van der Waals surface area (Å²) in [6.07, 6.45) is 6.74. The average Bonchev–Trinajstić information content (AvgIpc) is 3.39. The summed E-state index contributed by atoms with van der Waals surface area (Å²) >= 11 is 1.39. The Hall–Kier alpha value is -3.53. The number of carbonyl (C=O) groups excluding carboxylic acids is 1. The molecule has 140 valence electrons. The average molecular weight is 393 g/mol. The Morgan fingerprint density at radius 3 is 3.07 bits per heavy atom. The van der Waals surface area contributed by atoms with Gasteiger partial charge in [0.25, 0.3) is 0 Å². The van der Waals surface area contributed by atoms with Gasteiger partial charge in [0.05, 0.1) is 24.7 Å². The van der Waals surface area contributed by atoms with E-state index in [2.05, 4.69) is 30.1 Å². The van der Waals surface area contributed by atoms with E-state index in [4.69, 9.17) is 0 Å². The van der Waals surface area contributed by atoms with E-state index in [0.717, 1.165) is 16.5 Å². The largest absolute Gasteiger partial charge is 0.464 e. The highest BCUT2D eigenvalue weighted by Gasteiger charge is 2.10. The Morgan fingerprint density at radius 2 is 2.18 bits per heavy atom. The Kier molecular flexibility index (Phi) is 5.11. The molecule has 0 aliphatic carbocycles. The van der Waals surface area contributed by atoms with Gasteiger partial charge in [-0.05, 0) is 18.2 Å². The molecule has 0 unspecified atom stereocenters. The molecule has 4 rings (SSSR count). The summed E-state index contributed by atoms with van der Waals surface area (Å²) in [6, 6.07) is 11.4. The fourth-order valence-electron chi connectivity index (χ4n) is 2.52. The number of pyridine rings is 1. The number of carbonyl (C=O) groups is 1. The van der Waals surface area contributed by atoms with E-state index in [1.54, 1.807) is 34.0 Å². The molecule has 1 aromatic carbocycles. The molecule has 0 N–H and O–H groups in total. The lowest BCUT2D eigenvalue weighted by atomic mass is 10.1. The van der Waals surface area contributed by atoms with Crippen molar-refractivity contribution in [3.63, 3.8) is 0 Å². The molecule has 3 heterocycles. The molecule has 3 aromatic heterocycles. The van der Waals surface area contributed by atoms with Crippen LogP contribution in [0.25, 0.3) is 10.9 Å². The molecule has 0 atom stereocenters. The highest BCUT2D eigenvalue weighted by atomic mass is 32.2. The highest BCUT2D eigenvalue weighted by molar-refractivity contribution is 7.98. The lowest BCUT2D eigenvalue weighted by Gasteiger charge is -2.02. The maximum Gasteiger partial charge on any atom is 0.358 e. The molecule has 4 aromatic rings. The number of hydrogen-bond donors (Lipinski definition) is 0. The van der Waals surface area contributed by atoms with Crippen molar-refractivity contribution in [2.24, 2.45) is 5.10 Å². The quantitative estimate of drug-likeness (QED) is 0.282. The summed E-state index contributed by atoms with van der Waals surface area (Å²) in [5.41, 5.74) is 2.11. The number of nitrogens with zero attached hydrogens (tertiary/aromatic N) is 7. The first-order valence-electron chi connectivity index (χ1n) is 8.27. The topological polar surface area (TPSA) is 100 Å². The van der Waals surface area contributed by atoms with Crippen LogP contribution in [0.4, 0.5) is 0 Å². The number of methoxy groups -OCH3 is 1. The molecule has 10 heteroatoms. The van der Waals surface area contributed by atoms with E-state index in [-0.39, 0.29) is 5.69 Å². The van der Waals surface area contributed by atoms with Crippen LogP contribution >= 0.6 is 11.8 Å². The molecule has 0 radical (unpaired) electrons. The zero-order valence-corrected chi connectivity index (χ0v) is 15.7.